The first kappa shape index (κ1) is 17.2. The summed E-state index contributed by atoms with van der Waals surface area (Å²) in [4.78, 5) is 13.6. The number of aliphatic hydroxyl groups excluding tert-OH is 1. The summed E-state index contributed by atoms with van der Waals surface area (Å²) in [6.07, 6.45) is -0.834. The second-order valence-electron chi connectivity index (χ2n) is 5.03. The molecule has 1 atom stereocenters. The van der Waals surface area contributed by atoms with Crippen molar-refractivity contribution in [2.45, 2.75) is 26.0 Å². The average Bonchev–Trinajstić information content (AvgIpc) is 2.34. The van der Waals surface area contributed by atoms with Crippen molar-refractivity contribution in [3.05, 3.63) is 33.8 Å². The number of aliphatic hydroxyl groups is 1. The second-order valence-corrected chi connectivity index (χ2v) is 5.90. The normalized spacial score (nSPS) is 12.8. The number of hydrogen-bond acceptors (Lipinski definition) is 3. The summed E-state index contributed by atoms with van der Waals surface area (Å²) >= 11 is 11.7. The van der Waals surface area contributed by atoms with Crippen molar-refractivity contribution in [1.29, 1.82) is 0 Å². The van der Waals surface area contributed by atoms with Crippen LogP contribution < -0.4 is 5.32 Å². The van der Waals surface area contributed by atoms with Crippen LogP contribution in [0.1, 0.15) is 25.5 Å². The minimum absolute atomic E-state index is 0.126. The molecule has 2 N–H and O–H groups in total. The smallest absolute Gasteiger partial charge is 0.234 e. The summed E-state index contributed by atoms with van der Waals surface area (Å²) in [6, 6.07) is 5.14. The summed E-state index contributed by atoms with van der Waals surface area (Å²) in [7, 11) is 1.87. The van der Waals surface area contributed by atoms with Gasteiger partial charge in [0, 0.05) is 22.6 Å². The minimum atomic E-state index is -0.834. The van der Waals surface area contributed by atoms with Crippen LogP contribution >= 0.6 is 23.2 Å². The molecule has 1 unspecified atom stereocenters. The van der Waals surface area contributed by atoms with Crippen LogP contribution in [0.5, 0.6) is 0 Å². The lowest BCUT2D eigenvalue weighted by Gasteiger charge is -2.21. The summed E-state index contributed by atoms with van der Waals surface area (Å²) < 4.78 is 0. The van der Waals surface area contributed by atoms with Gasteiger partial charge in [0.25, 0.3) is 0 Å². The van der Waals surface area contributed by atoms with Crippen LogP contribution in [-0.2, 0) is 4.79 Å². The highest BCUT2D eigenvalue weighted by atomic mass is 35.5. The van der Waals surface area contributed by atoms with Gasteiger partial charge in [0.15, 0.2) is 0 Å². The van der Waals surface area contributed by atoms with E-state index in [9.17, 15) is 9.90 Å². The third kappa shape index (κ3) is 5.67. The SMILES string of the molecule is CC(C)N(C)CC(=O)NCC(O)c1cc(Cl)cc(Cl)c1. The molecule has 0 aliphatic rings. The predicted octanol–water partition coefficient (Wildman–Crippen LogP) is 2.48. The van der Waals surface area contributed by atoms with Crippen LogP contribution in [0.4, 0.5) is 0 Å². The molecular weight excluding hydrogens is 299 g/mol. The average molecular weight is 319 g/mol. The van der Waals surface area contributed by atoms with Gasteiger partial charge < -0.3 is 10.4 Å². The van der Waals surface area contributed by atoms with Crippen molar-refractivity contribution in [3.8, 4) is 0 Å². The maximum Gasteiger partial charge on any atom is 0.234 e. The Labute approximate surface area is 129 Å². The van der Waals surface area contributed by atoms with Crippen molar-refractivity contribution in [3.63, 3.8) is 0 Å². The largest absolute Gasteiger partial charge is 0.387 e. The zero-order valence-electron chi connectivity index (χ0n) is 11.9. The van der Waals surface area contributed by atoms with Crippen molar-refractivity contribution in [2.75, 3.05) is 20.1 Å². The van der Waals surface area contributed by atoms with Gasteiger partial charge in [0.1, 0.15) is 0 Å². The van der Waals surface area contributed by atoms with Crippen molar-refractivity contribution in [1.82, 2.24) is 10.2 Å². The van der Waals surface area contributed by atoms with Crippen LogP contribution in [-0.4, -0.2) is 42.1 Å². The molecule has 112 valence electrons. The van der Waals surface area contributed by atoms with Gasteiger partial charge in [-0.3, -0.25) is 9.69 Å². The molecule has 1 rings (SSSR count). The number of nitrogens with one attached hydrogen (secondary N) is 1. The lowest BCUT2D eigenvalue weighted by molar-refractivity contribution is -0.122. The third-order valence-electron chi connectivity index (χ3n) is 3.04. The Morgan fingerprint density at radius 2 is 1.85 bits per heavy atom. The highest BCUT2D eigenvalue weighted by Crippen LogP contribution is 2.23. The zero-order valence-corrected chi connectivity index (χ0v) is 13.4. The monoisotopic (exact) mass is 318 g/mol. The number of likely N-dealkylation sites (N-methyl/N-ethyl adjacent to an activating group) is 1. The van der Waals surface area contributed by atoms with Crippen LogP contribution in [0.25, 0.3) is 0 Å². The molecular formula is C14H20Cl2N2O2. The van der Waals surface area contributed by atoms with Gasteiger partial charge in [-0.25, -0.2) is 0 Å². The molecule has 0 fully saturated rings. The number of carbonyl (C=O) groups excluding carboxylic acids is 1. The molecule has 6 heteroatoms. The second kappa shape index (κ2) is 7.84. The fraction of sp³-hybridized carbons (Fsp3) is 0.500. The first-order valence-corrected chi connectivity index (χ1v) is 7.16. The number of hydrogen-bond donors (Lipinski definition) is 2. The standard InChI is InChI=1S/C14H20Cl2N2O2/c1-9(2)18(3)8-14(20)17-7-13(19)10-4-11(15)6-12(16)5-10/h4-6,9,13,19H,7-8H2,1-3H3,(H,17,20). The van der Waals surface area contributed by atoms with Gasteiger partial charge in [-0.05, 0) is 44.7 Å². The molecule has 20 heavy (non-hydrogen) atoms. The molecule has 0 saturated heterocycles. The number of nitrogens with zero attached hydrogens (tertiary/aromatic N) is 1. The Morgan fingerprint density at radius 1 is 1.30 bits per heavy atom. The third-order valence-corrected chi connectivity index (χ3v) is 3.47. The van der Waals surface area contributed by atoms with E-state index in [0.29, 0.717) is 22.2 Å². The molecule has 1 amide bonds. The fourth-order valence-corrected chi connectivity index (χ4v) is 2.10. The Balaban J connectivity index is 2.50. The first-order valence-electron chi connectivity index (χ1n) is 6.40. The first-order chi connectivity index (χ1) is 9.29. The van der Waals surface area contributed by atoms with Gasteiger partial charge in [0.05, 0.1) is 12.6 Å². The maximum atomic E-state index is 11.7. The van der Waals surface area contributed by atoms with Gasteiger partial charge in [-0.1, -0.05) is 23.2 Å². The minimum Gasteiger partial charge on any atom is -0.387 e. The molecule has 0 aromatic heterocycles. The molecule has 0 aliphatic carbocycles. The molecule has 4 nitrogen and oxygen atoms in total. The van der Waals surface area contributed by atoms with E-state index < -0.39 is 6.10 Å². The molecule has 0 saturated carbocycles. The van der Waals surface area contributed by atoms with Gasteiger partial charge >= 0.3 is 0 Å². The van der Waals surface area contributed by atoms with E-state index in [2.05, 4.69) is 5.32 Å². The highest BCUT2D eigenvalue weighted by Gasteiger charge is 2.13. The molecule has 0 radical (unpaired) electrons. The molecule has 0 aliphatic heterocycles. The van der Waals surface area contributed by atoms with E-state index in [1.54, 1.807) is 18.2 Å². The van der Waals surface area contributed by atoms with Gasteiger partial charge in [-0.2, -0.15) is 0 Å². The van der Waals surface area contributed by atoms with E-state index in [1.165, 1.54) is 0 Å². The maximum absolute atomic E-state index is 11.7. The Kier molecular flexibility index (Phi) is 6.76. The molecule has 1 aromatic carbocycles. The lowest BCUT2D eigenvalue weighted by atomic mass is 10.1. The summed E-state index contributed by atoms with van der Waals surface area (Å²) in [5.74, 6) is -0.131. The molecule has 1 aromatic rings. The number of halogens is 2. The van der Waals surface area contributed by atoms with Crippen molar-refractivity contribution >= 4 is 29.1 Å². The summed E-state index contributed by atoms with van der Waals surface area (Å²) in [5.41, 5.74) is 0.583. The Morgan fingerprint density at radius 3 is 2.35 bits per heavy atom. The lowest BCUT2D eigenvalue weighted by Crippen LogP contribution is -2.39. The fourth-order valence-electron chi connectivity index (χ4n) is 1.56. The summed E-state index contributed by atoms with van der Waals surface area (Å²) in [6.45, 7) is 4.44. The molecule has 0 bridgehead atoms. The van der Waals surface area contributed by atoms with E-state index in [-0.39, 0.29) is 18.5 Å². The highest BCUT2D eigenvalue weighted by molar-refractivity contribution is 6.34. The van der Waals surface area contributed by atoms with Crippen LogP contribution in [0.2, 0.25) is 10.0 Å². The molecule has 0 spiro atoms. The van der Waals surface area contributed by atoms with E-state index in [4.69, 9.17) is 23.2 Å². The van der Waals surface area contributed by atoms with E-state index >= 15 is 0 Å². The van der Waals surface area contributed by atoms with E-state index in [0.717, 1.165) is 0 Å². The number of carbonyl (C=O) groups is 1. The van der Waals surface area contributed by atoms with Crippen molar-refractivity contribution in [2.24, 2.45) is 0 Å². The summed E-state index contributed by atoms with van der Waals surface area (Å²) in [5, 5.41) is 13.6. The number of rotatable bonds is 6. The topological polar surface area (TPSA) is 52.6 Å². The van der Waals surface area contributed by atoms with Crippen molar-refractivity contribution < 1.29 is 9.90 Å². The van der Waals surface area contributed by atoms with Crippen LogP contribution in [0, 0.1) is 0 Å². The predicted molar refractivity (Wildman–Crippen MR) is 82.2 cm³/mol. The Hall–Kier alpha value is -0.810. The molecule has 0 heterocycles. The quantitative estimate of drug-likeness (QED) is 0.847. The van der Waals surface area contributed by atoms with Gasteiger partial charge in [-0.15, -0.1) is 0 Å². The van der Waals surface area contributed by atoms with Crippen LogP contribution in [0.15, 0.2) is 18.2 Å². The van der Waals surface area contributed by atoms with Gasteiger partial charge in [0.2, 0.25) is 5.91 Å². The Bertz CT molecular complexity index is 446. The van der Waals surface area contributed by atoms with E-state index in [1.807, 2.05) is 25.8 Å². The zero-order chi connectivity index (χ0) is 15.3. The number of amides is 1. The van der Waals surface area contributed by atoms with Crippen LogP contribution in [0.3, 0.4) is 0 Å². The number of benzene rings is 1.